The second-order valence-corrected chi connectivity index (χ2v) is 9.48. The number of hydrogen-bond acceptors (Lipinski definition) is 5. The molecule has 0 saturated heterocycles. The van der Waals surface area contributed by atoms with E-state index in [2.05, 4.69) is 0 Å². The molecule has 136 valence electrons. The normalized spacial score (nSPS) is 12.1. The number of halogens is 1. The van der Waals surface area contributed by atoms with Crippen molar-refractivity contribution in [2.45, 2.75) is 11.4 Å². The van der Waals surface area contributed by atoms with Gasteiger partial charge in [-0.3, -0.25) is 0 Å². The monoisotopic (exact) mass is 386 g/mol. The fourth-order valence-corrected chi connectivity index (χ4v) is 3.64. The van der Waals surface area contributed by atoms with Crippen LogP contribution in [0.25, 0.3) is 0 Å². The van der Waals surface area contributed by atoms with Crippen LogP contribution in [0.1, 0.15) is 5.56 Å². The van der Waals surface area contributed by atoms with Crippen LogP contribution in [-0.2, 0) is 26.4 Å². The van der Waals surface area contributed by atoms with E-state index in [-0.39, 0.29) is 23.7 Å². The first-order valence-corrected chi connectivity index (χ1v) is 11.0. The van der Waals surface area contributed by atoms with Crippen LogP contribution in [0.4, 0.5) is 10.1 Å². The zero-order valence-electron chi connectivity index (χ0n) is 13.6. The predicted octanol–water partition coefficient (Wildman–Crippen LogP) is 1.52. The molecule has 0 spiro atoms. The second kappa shape index (κ2) is 7.51. The van der Waals surface area contributed by atoms with Crippen molar-refractivity contribution in [1.82, 2.24) is 0 Å². The molecule has 0 aliphatic carbocycles. The first-order chi connectivity index (χ1) is 11.6. The van der Waals surface area contributed by atoms with E-state index in [1.165, 1.54) is 24.3 Å². The average molecular weight is 386 g/mol. The number of nitrogens with zero attached hydrogens (tertiary/aromatic N) is 1. The highest BCUT2D eigenvalue weighted by atomic mass is 32.2. The van der Waals surface area contributed by atoms with Crippen molar-refractivity contribution in [3.05, 3.63) is 59.9 Å². The second-order valence-electron chi connectivity index (χ2n) is 5.69. The number of anilines is 1. The third-order valence-corrected chi connectivity index (χ3v) is 5.41. The summed E-state index contributed by atoms with van der Waals surface area (Å²) in [6.07, 6.45) is 1.11. The van der Waals surface area contributed by atoms with Crippen molar-refractivity contribution in [1.29, 1.82) is 0 Å². The van der Waals surface area contributed by atoms with Crippen LogP contribution < -0.4 is 10.0 Å². The molecule has 6 nitrogen and oxygen atoms in total. The van der Waals surface area contributed by atoms with Crippen LogP contribution in [-0.4, -0.2) is 35.4 Å². The molecule has 0 aromatic heterocycles. The molecule has 0 amide bonds. The lowest BCUT2D eigenvalue weighted by atomic mass is 10.2. The third-order valence-electron chi connectivity index (χ3n) is 3.53. The van der Waals surface area contributed by atoms with Crippen molar-refractivity contribution in [2.24, 2.45) is 5.14 Å². The van der Waals surface area contributed by atoms with Gasteiger partial charge in [-0.25, -0.2) is 26.4 Å². The molecule has 2 rings (SSSR count). The van der Waals surface area contributed by atoms with Crippen LogP contribution in [0, 0.1) is 5.82 Å². The van der Waals surface area contributed by atoms with E-state index in [0.29, 0.717) is 11.3 Å². The number of hydrogen-bond donors (Lipinski definition) is 1. The summed E-state index contributed by atoms with van der Waals surface area (Å²) in [7, 11) is -7.24. The molecule has 0 bridgehead atoms. The summed E-state index contributed by atoms with van der Waals surface area (Å²) in [6.45, 7) is 0.283. The minimum absolute atomic E-state index is 0.0722. The van der Waals surface area contributed by atoms with Crippen molar-refractivity contribution < 1.29 is 21.2 Å². The van der Waals surface area contributed by atoms with Gasteiger partial charge in [-0.2, -0.15) is 0 Å². The maximum Gasteiger partial charge on any atom is 0.240 e. The number of primary sulfonamides is 1. The van der Waals surface area contributed by atoms with Crippen LogP contribution in [0.15, 0.2) is 53.4 Å². The fraction of sp³-hybridized carbons (Fsp3) is 0.250. The van der Waals surface area contributed by atoms with Crippen LogP contribution >= 0.6 is 0 Å². The van der Waals surface area contributed by atoms with Crippen LogP contribution in [0.2, 0.25) is 0 Å². The summed E-state index contributed by atoms with van der Waals surface area (Å²) in [4.78, 5) is 1.51. The Labute approximate surface area is 147 Å². The number of benzene rings is 2. The van der Waals surface area contributed by atoms with Gasteiger partial charge >= 0.3 is 0 Å². The minimum atomic E-state index is -3.98. The maximum absolute atomic E-state index is 13.1. The highest BCUT2D eigenvalue weighted by Gasteiger charge is 2.19. The van der Waals surface area contributed by atoms with E-state index in [0.717, 1.165) is 6.26 Å². The standard InChI is InChI=1S/C16H19FN2O4S2/c1-24(20,21)11-10-19(12-13-6-8-14(17)9-7-13)15-4-2-3-5-16(15)25(18,22)23/h2-9H,10-12H2,1H3,(H2,18,22,23). The summed E-state index contributed by atoms with van der Waals surface area (Å²) in [5.41, 5.74) is 1.01. The molecule has 0 radical (unpaired) electrons. The average Bonchev–Trinajstić information content (AvgIpc) is 2.51. The molecule has 0 aliphatic rings. The van der Waals surface area contributed by atoms with Crippen LogP contribution in [0.5, 0.6) is 0 Å². The van der Waals surface area contributed by atoms with Gasteiger partial charge in [0.2, 0.25) is 10.0 Å². The van der Waals surface area contributed by atoms with E-state index in [9.17, 15) is 21.2 Å². The molecule has 25 heavy (non-hydrogen) atoms. The quantitative estimate of drug-likeness (QED) is 0.778. The number of rotatable bonds is 7. The van der Waals surface area contributed by atoms with Gasteiger partial charge in [0.1, 0.15) is 20.5 Å². The Morgan fingerprint density at radius 1 is 1.00 bits per heavy atom. The molecular weight excluding hydrogens is 367 g/mol. The first-order valence-electron chi connectivity index (χ1n) is 7.35. The lowest BCUT2D eigenvalue weighted by Gasteiger charge is -2.26. The summed E-state index contributed by atoms with van der Waals surface area (Å²) in [6, 6.07) is 11.8. The molecule has 2 aromatic carbocycles. The van der Waals surface area contributed by atoms with E-state index in [1.807, 2.05) is 0 Å². The van der Waals surface area contributed by atoms with Crippen molar-refractivity contribution in [3.63, 3.8) is 0 Å². The number of sulfone groups is 1. The summed E-state index contributed by atoms with van der Waals surface area (Å²) in [5, 5.41) is 5.27. The fourth-order valence-electron chi connectivity index (χ4n) is 2.33. The summed E-state index contributed by atoms with van der Waals surface area (Å²) < 4.78 is 59.8. The van der Waals surface area contributed by atoms with Gasteiger partial charge in [0.15, 0.2) is 0 Å². The Morgan fingerprint density at radius 2 is 1.60 bits per heavy atom. The third kappa shape index (κ3) is 5.80. The molecule has 2 aromatic rings. The zero-order valence-corrected chi connectivity index (χ0v) is 15.2. The largest absolute Gasteiger partial charge is 0.365 e. The molecule has 0 unspecified atom stereocenters. The Kier molecular flexibility index (Phi) is 5.81. The van der Waals surface area contributed by atoms with Gasteiger partial charge in [0, 0.05) is 19.3 Å². The molecule has 9 heteroatoms. The molecule has 0 heterocycles. The molecule has 2 N–H and O–H groups in total. The van der Waals surface area contributed by atoms with E-state index in [1.54, 1.807) is 29.2 Å². The number of para-hydroxylation sites is 1. The van der Waals surface area contributed by atoms with Gasteiger partial charge in [0.05, 0.1) is 11.4 Å². The highest BCUT2D eigenvalue weighted by molar-refractivity contribution is 7.90. The predicted molar refractivity (Wildman–Crippen MR) is 95.0 cm³/mol. The van der Waals surface area contributed by atoms with E-state index >= 15 is 0 Å². The SMILES string of the molecule is CS(=O)(=O)CCN(Cc1ccc(F)cc1)c1ccccc1S(N)(=O)=O. The molecular formula is C16H19FN2O4S2. The maximum atomic E-state index is 13.1. The number of sulfonamides is 1. The van der Waals surface area contributed by atoms with Gasteiger partial charge < -0.3 is 4.90 Å². The van der Waals surface area contributed by atoms with Gasteiger partial charge in [-0.1, -0.05) is 24.3 Å². The van der Waals surface area contributed by atoms with E-state index in [4.69, 9.17) is 5.14 Å². The van der Waals surface area contributed by atoms with Gasteiger partial charge in [-0.15, -0.1) is 0 Å². The number of nitrogens with two attached hydrogens (primary N) is 1. The van der Waals surface area contributed by atoms with Crippen LogP contribution in [0.3, 0.4) is 0 Å². The van der Waals surface area contributed by atoms with Crippen molar-refractivity contribution in [3.8, 4) is 0 Å². The molecule has 0 aliphatic heterocycles. The topological polar surface area (TPSA) is 97.5 Å². The highest BCUT2D eigenvalue weighted by Crippen LogP contribution is 2.25. The lowest BCUT2D eigenvalue weighted by Crippen LogP contribution is -2.30. The zero-order chi connectivity index (χ0) is 18.7. The first kappa shape index (κ1) is 19.4. The Bertz CT molecular complexity index is 942. The summed E-state index contributed by atoms with van der Waals surface area (Å²) >= 11 is 0. The molecule has 0 atom stereocenters. The van der Waals surface area contributed by atoms with Crippen molar-refractivity contribution in [2.75, 3.05) is 23.5 Å². The Balaban J connectivity index is 2.43. The molecule has 0 saturated carbocycles. The summed E-state index contributed by atoms with van der Waals surface area (Å²) in [5.74, 6) is -0.552. The lowest BCUT2D eigenvalue weighted by molar-refractivity contribution is 0.597. The smallest absolute Gasteiger partial charge is 0.240 e. The van der Waals surface area contributed by atoms with Crippen molar-refractivity contribution >= 4 is 25.5 Å². The van der Waals surface area contributed by atoms with E-state index < -0.39 is 25.7 Å². The minimum Gasteiger partial charge on any atom is -0.365 e. The van der Waals surface area contributed by atoms with Gasteiger partial charge in [0.25, 0.3) is 0 Å². The Morgan fingerprint density at radius 3 is 2.16 bits per heavy atom. The van der Waals surface area contributed by atoms with Gasteiger partial charge in [-0.05, 0) is 29.8 Å². The molecule has 0 fully saturated rings. The Hall–Kier alpha value is -1.97.